The summed E-state index contributed by atoms with van der Waals surface area (Å²) >= 11 is 1.61. The maximum atomic E-state index is 12.2. The predicted molar refractivity (Wildman–Crippen MR) is 86.3 cm³/mol. The maximum Gasteiger partial charge on any atom is 0.325 e. The third-order valence-electron chi connectivity index (χ3n) is 4.15. The Labute approximate surface area is 139 Å². The Kier molecular flexibility index (Phi) is 4.39. The van der Waals surface area contributed by atoms with Gasteiger partial charge in [-0.2, -0.15) is 0 Å². The molecule has 126 valence electrons. The van der Waals surface area contributed by atoms with Crippen molar-refractivity contribution in [3.8, 4) is 0 Å². The summed E-state index contributed by atoms with van der Waals surface area (Å²) in [6.07, 6.45) is -0.0259. The van der Waals surface area contributed by atoms with Crippen LogP contribution in [0.15, 0.2) is 5.38 Å². The molecule has 2 fully saturated rings. The van der Waals surface area contributed by atoms with Gasteiger partial charge in [0.05, 0.1) is 6.61 Å². The van der Waals surface area contributed by atoms with Gasteiger partial charge in [0, 0.05) is 37.3 Å². The van der Waals surface area contributed by atoms with Crippen molar-refractivity contribution in [3.63, 3.8) is 0 Å². The molecule has 1 aromatic rings. The number of carbonyl (C=O) groups is 2. The molecule has 7 nitrogen and oxygen atoms in total. The number of rotatable bonds is 4. The van der Waals surface area contributed by atoms with Gasteiger partial charge in [-0.05, 0) is 20.8 Å². The van der Waals surface area contributed by atoms with E-state index in [1.807, 2.05) is 12.3 Å². The van der Waals surface area contributed by atoms with E-state index in [1.54, 1.807) is 25.2 Å². The molecule has 1 N–H and O–H groups in total. The molecule has 8 heteroatoms. The lowest BCUT2D eigenvalue weighted by Crippen LogP contribution is -2.45. The number of morpholine rings is 1. The summed E-state index contributed by atoms with van der Waals surface area (Å²) in [6.45, 7) is 8.64. The Morgan fingerprint density at radius 3 is 2.83 bits per heavy atom. The standard InChI is InChI=1S/C15H22N4O3S/c1-10-9-23-12(16-10)11-8-18(6-7-22-11)4-5-19-13(20)15(2,3)17-14(19)21/h9,11H,4-8H2,1-3H3,(H,17,21)/t11-/m0/s1. The number of imide groups is 1. The molecule has 0 aromatic carbocycles. The Balaban J connectivity index is 1.56. The van der Waals surface area contributed by atoms with Gasteiger partial charge >= 0.3 is 6.03 Å². The third kappa shape index (κ3) is 3.39. The second kappa shape index (κ2) is 6.18. The second-order valence-electron chi connectivity index (χ2n) is 6.50. The minimum absolute atomic E-state index is 0.0259. The number of aryl methyl sites for hydroxylation is 1. The normalized spacial score (nSPS) is 25.0. The van der Waals surface area contributed by atoms with Crippen molar-refractivity contribution in [3.05, 3.63) is 16.1 Å². The van der Waals surface area contributed by atoms with Gasteiger partial charge in [0.15, 0.2) is 0 Å². The lowest BCUT2D eigenvalue weighted by molar-refractivity contribution is -0.130. The lowest BCUT2D eigenvalue weighted by atomic mass is 10.1. The Hall–Kier alpha value is -1.51. The van der Waals surface area contributed by atoms with E-state index in [0.29, 0.717) is 19.7 Å². The monoisotopic (exact) mass is 338 g/mol. The van der Waals surface area contributed by atoms with Gasteiger partial charge in [-0.25, -0.2) is 9.78 Å². The number of carbonyl (C=O) groups excluding carboxylic acids is 2. The van der Waals surface area contributed by atoms with Crippen LogP contribution in [0.4, 0.5) is 4.79 Å². The van der Waals surface area contributed by atoms with Crippen molar-refractivity contribution in [2.45, 2.75) is 32.4 Å². The number of urea groups is 1. The van der Waals surface area contributed by atoms with Crippen LogP contribution in [0.5, 0.6) is 0 Å². The third-order valence-corrected chi connectivity index (χ3v) is 5.20. The minimum atomic E-state index is -0.803. The number of nitrogens with zero attached hydrogens (tertiary/aromatic N) is 3. The summed E-state index contributed by atoms with van der Waals surface area (Å²) in [6, 6.07) is -0.305. The Bertz CT molecular complexity index is 616. The molecule has 3 heterocycles. The van der Waals surface area contributed by atoms with Crippen molar-refractivity contribution < 1.29 is 14.3 Å². The first-order chi connectivity index (χ1) is 10.9. The number of ether oxygens (including phenoxy) is 1. The first kappa shape index (κ1) is 16.4. The van der Waals surface area contributed by atoms with Crippen LogP contribution in [0.2, 0.25) is 0 Å². The number of aromatic nitrogens is 1. The SMILES string of the molecule is Cc1csc([C@@H]2CN(CCN3C(=O)NC(C)(C)C3=O)CCO2)n1. The molecule has 3 amide bonds. The zero-order valence-corrected chi connectivity index (χ0v) is 14.5. The summed E-state index contributed by atoms with van der Waals surface area (Å²) in [7, 11) is 0. The Morgan fingerprint density at radius 1 is 1.43 bits per heavy atom. The molecule has 2 saturated heterocycles. The average molecular weight is 338 g/mol. The minimum Gasteiger partial charge on any atom is -0.368 e. The molecular formula is C15H22N4O3S. The predicted octanol–water partition coefficient (Wildman–Crippen LogP) is 1.16. The fourth-order valence-corrected chi connectivity index (χ4v) is 3.67. The van der Waals surface area contributed by atoms with Crippen molar-refractivity contribution >= 4 is 23.3 Å². The van der Waals surface area contributed by atoms with Gasteiger partial charge in [0.2, 0.25) is 0 Å². The molecule has 0 radical (unpaired) electrons. The van der Waals surface area contributed by atoms with Crippen molar-refractivity contribution in [1.82, 2.24) is 20.1 Å². The van der Waals surface area contributed by atoms with Gasteiger partial charge < -0.3 is 10.1 Å². The van der Waals surface area contributed by atoms with Crippen LogP contribution in [0.3, 0.4) is 0 Å². The molecule has 1 aromatic heterocycles. The summed E-state index contributed by atoms with van der Waals surface area (Å²) in [5.74, 6) is -0.164. The van der Waals surface area contributed by atoms with Crippen LogP contribution in [0.25, 0.3) is 0 Å². The number of amides is 3. The van der Waals surface area contributed by atoms with Crippen molar-refractivity contribution in [1.29, 1.82) is 0 Å². The van der Waals surface area contributed by atoms with E-state index in [4.69, 9.17) is 4.74 Å². The number of hydrogen-bond acceptors (Lipinski definition) is 6. The topological polar surface area (TPSA) is 74.8 Å². The quantitative estimate of drug-likeness (QED) is 0.834. The summed E-state index contributed by atoms with van der Waals surface area (Å²) in [5, 5.41) is 5.71. The highest BCUT2D eigenvalue weighted by atomic mass is 32.1. The van der Waals surface area contributed by atoms with Gasteiger partial charge in [-0.15, -0.1) is 11.3 Å². The van der Waals surface area contributed by atoms with Gasteiger partial charge in [0.25, 0.3) is 5.91 Å². The molecule has 1 atom stereocenters. The Morgan fingerprint density at radius 2 is 2.22 bits per heavy atom. The molecule has 2 aliphatic rings. The fourth-order valence-electron chi connectivity index (χ4n) is 2.84. The summed E-state index contributed by atoms with van der Waals surface area (Å²) < 4.78 is 5.80. The molecule has 0 spiro atoms. The molecule has 0 saturated carbocycles. The highest BCUT2D eigenvalue weighted by Crippen LogP contribution is 2.25. The summed E-state index contributed by atoms with van der Waals surface area (Å²) in [4.78, 5) is 32.1. The lowest BCUT2D eigenvalue weighted by Gasteiger charge is -2.32. The average Bonchev–Trinajstić information content (AvgIpc) is 3.00. The zero-order chi connectivity index (χ0) is 16.6. The van der Waals surface area contributed by atoms with Crippen molar-refractivity contribution in [2.24, 2.45) is 0 Å². The second-order valence-corrected chi connectivity index (χ2v) is 7.39. The van der Waals surface area contributed by atoms with Crippen molar-refractivity contribution in [2.75, 3.05) is 32.8 Å². The van der Waals surface area contributed by atoms with Gasteiger partial charge in [0.1, 0.15) is 16.7 Å². The van der Waals surface area contributed by atoms with E-state index in [1.165, 1.54) is 4.90 Å². The molecule has 0 aliphatic carbocycles. The van der Waals surface area contributed by atoms with Gasteiger partial charge in [-0.3, -0.25) is 14.6 Å². The van der Waals surface area contributed by atoms with Crippen LogP contribution in [0, 0.1) is 6.92 Å². The van der Waals surface area contributed by atoms with Crippen LogP contribution >= 0.6 is 11.3 Å². The fraction of sp³-hybridized carbons (Fsp3) is 0.667. The largest absolute Gasteiger partial charge is 0.368 e. The van der Waals surface area contributed by atoms with E-state index in [9.17, 15) is 9.59 Å². The summed E-state index contributed by atoms with van der Waals surface area (Å²) in [5.41, 5.74) is 0.204. The smallest absolute Gasteiger partial charge is 0.325 e. The van der Waals surface area contributed by atoms with E-state index in [0.717, 1.165) is 23.8 Å². The van der Waals surface area contributed by atoms with Crippen LogP contribution in [-0.4, -0.2) is 65.0 Å². The van der Waals surface area contributed by atoms with Crippen LogP contribution in [0.1, 0.15) is 30.7 Å². The molecule has 23 heavy (non-hydrogen) atoms. The maximum absolute atomic E-state index is 12.2. The molecule has 0 bridgehead atoms. The highest BCUT2D eigenvalue weighted by molar-refractivity contribution is 7.09. The van der Waals surface area contributed by atoms with E-state index in [-0.39, 0.29) is 18.0 Å². The molecule has 2 aliphatic heterocycles. The molecule has 3 rings (SSSR count). The number of nitrogens with one attached hydrogen (secondary N) is 1. The first-order valence-electron chi connectivity index (χ1n) is 7.77. The highest BCUT2D eigenvalue weighted by Gasteiger charge is 2.44. The number of hydrogen-bond donors (Lipinski definition) is 1. The number of thiazole rings is 1. The van der Waals surface area contributed by atoms with Gasteiger partial charge in [-0.1, -0.05) is 0 Å². The molecule has 0 unspecified atom stereocenters. The first-order valence-corrected chi connectivity index (χ1v) is 8.65. The zero-order valence-electron chi connectivity index (χ0n) is 13.7. The van der Waals surface area contributed by atoms with Crippen LogP contribution < -0.4 is 5.32 Å². The molecular weight excluding hydrogens is 316 g/mol. The van der Waals surface area contributed by atoms with E-state index >= 15 is 0 Å². The van der Waals surface area contributed by atoms with Crippen LogP contribution in [-0.2, 0) is 9.53 Å². The van der Waals surface area contributed by atoms with E-state index in [2.05, 4.69) is 15.2 Å². The van der Waals surface area contributed by atoms with E-state index < -0.39 is 5.54 Å².